The van der Waals surface area contributed by atoms with E-state index < -0.39 is 0 Å². The third-order valence-corrected chi connectivity index (χ3v) is 3.90. The smallest absolute Gasteiger partial charge is 0.272 e. The van der Waals surface area contributed by atoms with Crippen molar-refractivity contribution in [2.45, 2.75) is 18.9 Å². The maximum absolute atomic E-state index is 12.5. The molecule has 0 N–H and O–H groups in total. The Morgan fingerprint density at radius 3 is 2.79 bits per heavy atom. The molecule has 1 aliphatic rings. The van der Waals surface area contributed by atoms with Gasteiger partial charge in [-0.15, -0.1) is 0 Å². The third kappa shape index (κ3) is 3.61. The largest absolute Gasteiger partial charge is 0.470 e. The van der Waals surface area contributed by atoms with E-state index in [1.807, 2.05) is 25.1 Å². The molecule has 0 saturated carbocycles. The molecule has 1 fully saturated rings. The van der Waals surface area contributed by atoms with Gasteiger partial charge in [-0.1, -0.05) is 6.07 Å². The molecule has 0 aliphatic carbocycles. The van der Waals surface area contributed by atoms with E-state index in [0.29, 0.717) is 23.9 Å². The highest BCUT2D eigenvalue weighted by Gasteiger charge is 2.27. The van der Waals surface area contributed by atoms with Crippen molar-refractivity contribution in [2.24, 2.45) is 0 Å². The van der Waals surface area contributed by atoms with Gasteiger partial charge in [-0.05, 0) is 25.0 Å². The number of aromatic nitrogens is 3. The Labute approximate surface area is 141 Å². The van der Waals surface area contributed by atoms with Crippen LogP contribution >= 0.6 is 0 Å². The van der Waals surface area contributed by atoms with Gasteiger partial charge in [-0.2, -0.15) is 0 Å². The lowest BCUT2D eigenvalue weighted by molar-refractivity contribution is 0.0523. The molecule has 24 heavy (non-hydrogen) atoms. The molecule has 0 radical (unpaired) electrons. The molecule has 0 bridgehead atoms. The zero-order chi connectivity index (χ0) is 16.9. The zero-order valence-electron chi connectivity index (χ0n) is 13.9. The molecule has 1 aliphatic heterocycles. The number of amides is 1. The van der Waals surface area contributed by atoms with Crippen molar-refractivity contribution in [2.75, 3.05) is 32.1 Å². The fourth-order valence-electron chi connectivity index (χ4n) is 2.74. The van der Waals surface area contributed by atoms with E-state index >= 15 is 0 Å². The van der Waals surface area contributed by atoms with E-state index in [-0.39, 0.29) is 12.0 Å². The normalized spacial score (nSPS) is 17.4. The van der Waals surface area contributed by atoms with E-state index in [1.54, 1.807) is 35.6 Å². The summed E-state index contributed by atoms with van der Waals surface area (Å²) in [5, 5.41) is 0. The standard InChI is InChI=1S/C17H21N5O2/c1-21(2)15-16(20-10-9-19-15)24-13-6-5-11-22(12-13)17(23)14-7-3-4-8-18-14/h3-4,7-10,13H,5-6,11-12H2,1-2H3/t13-/m0/s1. The molecule has 3 rings (SSSR count). The number of carbonyl (C=O) groups excluding carboxylic acids is 1. The Bertz CT molecular complexity index is 692. The van der Waals surface area contributed by atoms with E-state index in [2.05, 4.69) is 15.0 Å². The Kier molecular flexibility index (Phi) is 4.88. The topological polar surface area (TPSA) is 71.5 Å². The summed E-state index contributed by atoms with van der Waals surface area (Å²) in [6.07, 6.45) is 6.56. The molecule has 1 amide bonds. The van der Waals surface area contributed by atoms with Gasteiger partial charge in [0.05, 0.1) is 6.54 Å². The molecule has 2 aromatic heterocycles. The summed E-state index contributed by atoms with van der Waals surface area (Å²) in [6, 6.07) is 5.36. The first-order valence-electron chi connectivity index (χ1n) is 8.00. The van der Waals surface area contributed by atoms with E-state index in [9.17, 15) is 4.79 Å². The van der Waals surface area contributed by atoms with Crippen molar-refractivity contribution >= 4 is 11.7 Å². The SMILES string of the molecule is CN(C)c1nccnc1O[C@H]1CCCN(C(=O)c2ccccn2)C1. The molecule has 126 valence electrons. The third-order valence-electron chi connectivity index (χ3n) is 3.90. The first kappa shape index (κ1) is 16.2. The average Bonchev–Trinajstić information content (AvgIpc) is 2.62. The van der Waals surface area contributed by atoms with Crippen LogP contribution in [0.25, 0.3) is 0 Å². The molecule has 1 atom stereocenters. The lowest BCUT2D eigenvalue weighted by Crippen LogP contribution is -2.44. The number of nitrogens with zero attached hydrogens (tertiary/aromatic N) is 5. The van der Waals surface area contributed by atoms with Crippen molar-refractivity contribution in [1.82, 2.24) is 19.9 Å². The summed E-state index contributed by atoms with van der Waals surface area (Å²) in [7, 11) is 3.79. The minimum Gasteiger partial charge on any atom is -0.470 e. The minimum absolute atomic E-state index is 0.0594. The zero-order valence-corrected chi connectivity index (χ0v) is 13.9. The first-order chi connectivity index (χ1) is 11.6. The summed E-state index contributed by atoms with van der Waals surface area (Å²) in [5.41, 5.74) is 0.464. The van der Waals surface area contributed by atoms with Gasteiger partial charge in [0.25, 0.3) is 11.8 Å². The van der Waals surface area contributed by atoms with E-state index in [4.69, 9.17) is 4.74 Å². The van der Waals surface area contributed by atoms with Crippen LogP contribution in [0.4, 0.5) is 5.82 Å². The van der Waals surface area contributed by atoms with Crippen LogP contribution in [0.15, 0.2) is 36.8 Å². The molecule has 0 spiro atoms. The molecule has 7 nitrogen and oxygen atoms in total. The second kappa shape index (κ2) is 7.25. The number of hydrogen-bond acceptors (Lipinski definition) is 6. The number of likely N-dealkylation sites (tertiary alicyclic amines) is 1. The van der Waals surface area contributed by atoms with Gasteiger partial charge in [-0.3, -0.25) is 9.78 Å². The lowest BCUT2D eigenvalue weighted by atomic mass is 10.1. The number of pyridine rings is 1. The van der Waals surface area contributed by atoms with Crippen LogP contribution in [0.3, 0.4) is 0 Å². The monoisotopic (exact) mass is 327 g/mol. The number of hydrogen-bond donors (Lipinski definition) is 0. The summed E-state index contributed by atoms with van der Waals surface area (Å²) in [4.78, 5) is 28.9. The predicted molar refractivity (Wildman–Crippen MR) is 90.1 cm³/mol. The molecule has 2 aromatic rings. The lowest BCUT2D eigenvalue weighted by Gasteiger charge is -2.32. The Balaban J connectivity index is 1.69. The minimum atomic E-state index is -0.0955. The van der Waals surface area contributed by atoms with Gasteiger partial charge < -0.3 is 14.5 Å². The van der Waals surface area contributed by atoms with Gasteiger partial charge in [-0.25, -0.2) is 9.97 Å². The number of rotatable bonds is 4. The van der Waals surface area contributed by atoms with Crippen molar-refractivity contribution in [1.29, 1.82) is 0 Å². The summed E-state index contributed by atoms with van der Waals surface area (Å²) < 4.78 is 6.03. The van der Waals surface area contributed by atoms with Crippen LogP contribution in [0.2, 0.25) is 0 Å². The van der Waals surface area contributed by atoms with Crippen LogP contribution in [-0.4, -0.2) is 59.0 Å². The first-order valence-corrected chi connectivity index (χ1v) is 8.00. The fourth-order valence-corrected chi connectivity index (χ4v) is 2.74. The van der Waals surface area contributed by atoms with Gasteiger partial charge in [0.1, 0.15) is 11.8 Å². The van der Waals surface area contributed by atoms with E-state index in [1.165, 1.54) is 0 Å². The highest BCUT2D eigenvalue weighted by Crippen LogP contribution is 2.24. The number of carbonyl (C=O) groups is 1. The molecular weight excluding hydrogens is 306 g/mol. The summed E-state index contributed by atoms with van der Waals surface area (Å²) in [6.45, 7) is 1.25. The van der Waals surface area contributed by atoms with Crippen LogP contribution in [-0.2, 0) is 0 Å². The predicted octanol–water partition coefficient (Wildman–Crippen LogP) is 1.62. The van der Waals surface area contributed by atoms with Crippen molar-refractivity contribution < 1.29 is 9.53 Å². The quantitative estimate of drug-likeness (QED) is 0.850. The molecule has 1 saturated heterocycles. The maximum Gasteiger partial charge on any atom is 0.272 e. The maximum atomic E-state index is 12.5. The van der Waals surface area contributed by atoms with Gasteiger partial charge >= 0.3 is 0 Å². The van der Waals surface area contributed by atoms with Crippen molar-refractivity contribution in [3.63, 3.8) is 0 Å². The van der Waals surface area contributed by atoms with Gasteiger partial charge in [0.2, 0.25) is 0 Å². The molecule has 0 aromatic carbocycles. The molecule has 7 heteroatoms. The molecule has 0 unspecified atom stereocenters. The van der Waals surface area contributed by atoms with Crippen molar-refractivity contribution in [3.8, 4) is 5.88 Å². The number of ether oxygens (including phenoxy) is 1. The number of anilines is 1. The number of piperidine rings is 1. The second-order valence-electron chi connectivity index (χ2n) is 5.93. The van der Waals surface area contributed by atoms with E-state index in [0.717, 1.165) is 19.4 Å². The van der Waals surface area contributed by atoms with Crippen LogP contribution in [0.1, 0.15) is 23.3 Å². The summed E-state index contributed by atoms with van der Waals surface area (Å²) in [5.74, 6) is 1.13. The van der Waals surface area contributed by atoms with Crippen molar-refractivity contribution in [3.05, 3.63) is 42.5 Å². The molecular formula is C17H21N5O2. The Morgan fingerprint density at radius 1 is 1.21 bits per heavy atom. The summed E-state index contributed by atoms with van der Waals surface area (Å²) >= 11 is 0. The second-order valence-corrected chi connectivity index (χ2v) is 5.93. The Hall–Kier alpha value is -2.70. The Morgan fingerprint density at radius 2 is 2.04 bits per heavy atom. The van der Waals surface area contributed by atoms with Crippen LogP contribution in [0.5, 0.6) is 5.88 Å². The van der Waals surface area contributed by atoms with Gasteiger partial charge in [0.15, 0.2) is 5.82 Å². The highest BCUT2D eigenvalue weighted by molar-refractivity contribution is 5.92. The van der Waals surface area contributed by atoms with Crippen LogP contribution in [0, 0.1) is 0 Å². The van der Waals surface area contributed by atoms with Gasteiger partial charge in [0, 0.05) is 39.2 Å². The molecule has 3 heterocycles. The van der Waals surface area contributed by atoms with Crippen LogP contribution < -0.4 is 9.64 Å². The highest BCUT2D eigenvalue weighted by atomic mass is 16.5. The average molecular weight is 327 g/mol. The fraction of sp³-hybridized carbons (Fsp3) is 0.412.